The second-order valence-electron chi connectivity index (χ2n) is 9.54. The number of carbonyl (C=O) groups is 3. The third kappa shape index (κ3) is 3.66. The molecule has 32 heavy (non-hydrogen) atoms. The van der Waals surface area contributed by atoms with E-state index in [2.05, 4.69) is 12.2 Å². The van der Waals surface area contributed by atoms with Crippen molar-refractivity contribution in [1.82, 2.24) is 10.2 Å². The molecule has 0 aromatic heterocycles. The van der Waals surface area contributed by atoms with E-state index in [4.69, 9.17) is 4.74 Å². The van der Waals surface area contributed by atoms with Crippen molar-refractivity contribution in [3.8, 4) is 5.75 Å². The molecule has 8 heteroatoms. The van der Waals surface area contributed by atoms with Gasteiger partial charge in [-0.3, -0.25) is 9.59 Å². The van der Waals surface area contributed by atoms with E-state index in [1.54, 1.807) is 0 Å². The van der Waals surface area contributed by atoms with E-state index in [0.29, 0.717) is 19.4 Å². The van der Waals surface area contributed by atoms with Crippen LogP contribution < -0.4 is 10.1 Å². The third-order valence-electron chi connectivity index (χ3n) is 7.01. The average Bonchev–Trinajstić information content (AvgIpc) is 3.34. The molecule has 0 spiro atoms. The van der Waals surface area contributed by atoms with Crippen molar-refractivity contribution in [2.75, 3.05) is 6.61 Å². The normalized spacial score (nSPS) is 27.5. The summed E-state index contributed by atoms with van der Waals surface area (Å²) < 4.78 is 5.43. The second-order valence-corrected chi connectivity index (χ2v) is 11.3. The molecule has 3 fully saturated rings. The number of fused-ring (bicyclic) bond motifs is 1. The van der Waals surface area contributed by atoms with Gasteiger partial charge in [0.25, 0.3) is 0 Å². The number of carboxylic acids is 1. The molecule has 4 rings (SSSR count). The maximum atomic E-state index is 13.7. The van der Waals surface area contributed by atoms with E-state index in [9.17, 15) is 19.5 Å². The quantitative estimate of drug-likeness (QED) is 0.456. The lowest BCUT2D eigenvalue weighted by atomic mass is 9.77. The van der Waals surface area contributed by atoms with Crippen molar-refractivity contribution in [3.63, 3.8) is 0 Å². The molecule has 174 valence electrons. The number of benzene rings is 1. The summed E-state index contributed by atoms with van der Waals surface area (Å²) in [5, 5.41) is 12.3. The largest absolute Gasteiger partial charge is 0.493 e. The van der Waals surface area contributed by atoms with Crippen LogP contribution in [0, 0.1) is 0 Å². The lowest BCUT2D eigenvalue weighted by Gasteiger charge is -2.45. The minimum absolute atomic E-state index is 0.156. The molecular weight excluding hydrogens is 428 g/mol. The Morgan fingerprint density at radius 3 is 2.59 bits per heavy atom. The van der Waals surface area contributed by atoms with Crippen molar-refractivity contribution in [3.05, 3.63) is 29.8 Å². The number of unbranched alkanes of at least 4 members (excludes halogenated alkanes) is 1. The minimum atomic E-state index is -1.01. The van der Waals surface area contributed by atoms with Crippen molar-refractivity contribution < 1.29 is 24.2 Å². The zero-order chi connectivity index (χ0) is 23.1. The summed E-state index contributed by atoms with van der Waals surface area (Å²) in [6, 6.07) is 6.16. The van der Waals surface area contributed by atoms with Gasteiger partial charge in [0.2, 0.25) is 11.8 Å². The number of para-hydroxylation sites is 1. The highest BCUT2D eigenvalue weighted by Gasteiger charge is 2.64. The number of rotatable bonds is 8. The number of carbonyl (C=O) groups excluding carboxylic acids is 2. The van der Waals surface area contributed by atoms with Crippen LogP contribution in [0.2, 0.25) is 0 Å². The molecule has 1 aromatic carbocycles. The fraction of sp³-hybridized carbons (Fsp3) is 0.625. The standard InChI is InChI=1S/C24H32N2O5S/c1-4-5-14-31-16-11-7-6-10-15(16)24(12-8-9-13-24)22(30)25-17-19(27)26-18(21(28)29)23(2,3)32-20(17)26/h6-7,10-11,17-18,20H,4-5,8-9,12-14H2,1-3H3,(H,25,30)(H,28,29)/t17-,18-,20+/m0/s1. The van der Waals surface area contributed by atoms with Gasteiger partial charge in [-0.2, -0.15) is 0 Å². The number of carboxylic acid groups (broad SMARTS) is 1. The van der Waals surface area contributed by atoms with Gasteiger partial charge in [-0.25, -0.2) is 4.79 Å². The van der Waals surface area contributed by atoms with E-state index in [-0.39, 0.29) is 17.2 Å². The monoisotopic (exact) mass is 460 g/mol. The number of ether oxygens (including phenoxy) is 1. The highest BCUT2D eigenvalue weighted by Crippen LogP contribution is 2.51. The van der Waals surface area contributed by atoms with Crippen LogP contribution in [0.25, 0.3) is 0 Å². The summed E-state index contributed by atoms with van der Waals surface area (Å²) in [7, 11) is 0. The summed E-state index contributed by atoms with van der Waals surface area (Å²) in [4.78, 5) is 39.8. The summed E-state index contributed by atoms with van der Waals surface area (Å²) >= 11 is 1.45. The first-order valence-electron chi connectivity index (χ1n) is 11.5. The molecule has 1 saturated carbocycles. The smallest absolute Gasteiger partial charge is 0.327 e. The van der Waals surface area contributed by atoms with Gasteiger partial charge in [-0.1, -0.05) is 44.4 Å². The Kier molecular flexibility index (Phi) is 6.18. The first kappa shape index (κ1) is 23.0. The number of hydrogen-bond donors (Lipinski definition) is 2. The number of nitrogens with one attached hydrogen (secondary N) is 1. The zero-order valence-electron chi connectivity index (χ0n) is 18.9. The molecule has 1 aromatic rings. The number of thioether (sulfide) groups is 1. The number of hydrogen-bond acceptors (Lipinski definition) is 5. The molecule has 0 unspecified atom stereocenters. The Hall–Kier alpha value is -2.22. The lowest BCUT2D eigenvalue weighted by Crippen LogP contribution is -2.71. The van der Waals surface area contributed by atoms with E-state index in [0.717, 1.165) is 37.0 Å². The molecule has 2 amide bonds. The van der Waals surface area contributed by atoms with Gasteiger partial charge in [0, 0.05) is 10.3 Å². The van der Waals surface area contributed by atoms with Crippen LogP contribution in [0.4, 0.5) is 0 Å². The first-order chi connectivity index (χ1) is 15.2. The van der Waals surface area contributed by atoms with Crippen molar-refractivity contribution in [1.29, 1.82) is 0 Å². The maximum Gasteiger partial charge on any atom is 0.327 e. The molecule has 1 aliphatic carbocycles. The molecule has 0 bridgehead atoms. The molecule has 3 aliphatic rings. The van der Waals surface area contributed by atoms with Crippen LogP contribution in [-0.4, -0.2) is 56.6 Å². The Labute approximate surface area is 193 Å². The van der Waals surface area contributed by atoms with Crippen LogP contribution in [-0.2, 0) is 19.8 Å². The van der Waals surface area contributed by atoms with Gasteiger partial charge in [-0.05, 0) is 39.2 Å². The Bertz CT molecular complexity index is 911. The van der Waals surface area contributed by atoms with Crippen LogP contribution in [0.3, 0.4) is 0 Å². The number of amides is 2. The number of β-lactam (4-membered cyclic amide) rings is 1. The van der Waals surface area contributed by atoms with Crippen molar-refractivity contribution >= 4 is 29.5 Å². The van der Waals surface area contributed by atoms with Crippen molar-refractivity contribution in [2.45, 2.75) is 86.9 Å². The fourth-order valence-electron chi connectivity index (χ4n) is 5.34. The summed E-state index contributed by atoms with van der Waals surface area (Å²) in [6.07, 6.45) is 5.26. The fourth-order valence-corrected chi connectivity index (χ4v) is 6.96. The first-order valence-corrected chi connectivity index (χ1v) is 12.4. The van der Waals surface area contributed by atoms with Crippen LogP contribution in [0.5, 0.6) is 5.75 Å². The van der Waals surface area contributed by atoms with E-state index < -0.39 is 28.2 Å². The van der Waals surface area contributed by atoms with Crippen LogP contribution >= 0.6 is 11.8 Å². The van der Waals surface area contributed by atoms with Gasteiger partial charge in [0.05, 0.1) is 12.0 Å². The topological polar surface area (TPSA) is 95.9 Å². The van der Waals surface area contributed by atoms with E-state index >= 15 is 0 Å². The molecular formula is C24H32N2O5S. The summed E-state index contributed by atoms with van der Waals surface area (Å²) in [6.45, 7) is 6.38. The average molecular weight is 461 g/mol. The van der Waals surface area contributed by atoms with E-state index in [1.165, 1.54) is 16.7 Å². The number of aliphatic carboxylic acids is 1. The molecule has 2 heterocycles. The summed E-state index contributed by atoms with van der Waals surface area (Å²) in [5.74, 6) is -0.735. The number of nitrogens with zero attached hydrogens (tertiary/aromatic N) is 1. The predicted molar refractivity (Wildman–Crippen MR) is 123 cm³/mol. The molecule has 0 radical (unpaired) electrons. The van der Waals surface area contributed by atoms with Crippen LogP contribution in [0.1, 0.15) is 64.9 Å². The second kappa shape index (κ2) is 8.61. The minimum Gasteiger partial charge on any atom is -0.493 e. The Morgan fingerprint density at radius 2 is 1.94 bits per heavy atom. The van der Waals surface area contributed by atoms with Gasteiger partial charge in [0.1, 0.15) is 23.2 Å². The Balaban J connectivity index is 1.56. The lowest BCUT2D eigenvalue weighted by molar-refractivity contribution is -0.161. The highest BCUT2D eigenvalue weighted by atomic mass is 32.2. The van der Waals surface area contributed by atoms with Crippen LogP contribution in [0.15, 0.2) is 24.3 Å². The molecule has 2 N–H and O–H groups in total. The van der Waals surface area contributed by atoms with Gasteiger partial charge >= 0.3 is 5.97 Å². The highest BCUT2D eigenvalue weighted by molar-refractivity contribution is 8.01. The van der Waals surface area contributed by atoms with Crippen molar-refractivity contribution in [2.24, 2.45) is 0 Å². The molecule has 7 nitrogen and oxygen atoms in total. The van der Waals surface area contributed by atoms with Gasteiger partial charge in [-0.15, -0.1) is 11.8 Å². The van der Waals surface area contributed by atoms with Gasteiger partial charge in [0.15, 0.2) is 0 Å². The zero-order valence-corrected chi connectivity index (χ0v) is 19.7. The third-order valence-corrected chi connectivity index (χ3v) is 8.58. The maximum absolute atomic E-state index is 13.7. The molecule has 2 saturated heterocycles. The summed E-state index contributed by atoms with van der Waals surface area (Å²) in [5.41, 5.74) is 0.159. The SMILES string of the molecule is CCCCOc1ccccc1C1(C(=O)N[C@H]2C(=O)N3[C@@H]2SC(C)(C)[C@@H]3C(=O)O)CCCC1. The Morgan fingerprint density at radius 1 is 1.25 bits per heavy atom. The molecule has 2 aliphatic heterocycles. The van der Waals surface area contributed by atoms with E-state index in [1.807, 2.05) is 38.1 Å². The van der Waals surface area contributed by atoms with Gasteiger partial charge < -0.3 is 20.1 Å². The predicted octanol–water partition coefficient (Wildman–Crippen LogP) is 3.31. The molecule has 3 atom stereocenters.